The fourth-order valence-corrected chi connectivity index (χ4v) is 2.67. The fraction of sp³-hybridized carbons (Fsp3) is 1.00. The molecule has 108 valence electrons. The van der Waals surface area contributed by atoms with Crippen molar-refractivity contribution in [2.45, 2.75) is 70.4 Å². The molecule has 0 heterocycles. The number of hydrogen-bond acceptors (Lipinski definition) is 3. The normalized spacial score (nSPS) is 17.3. The van der Waals surface area contributed by atoms with Crippen LogP contribution < -0.4 is 5.73 Å². The third kappa shape index (κ3) is 6.17. The van der Waals surface area contributed by atoms with Crippen LogP contribution in [-0.2, 0) is 4.74 Å². The molecule has 1 atom stereocenters. The summed E-state index contributed by atoms with van der Waals surface area (Å²) in [4.78, 5) is 2.60. The van der Waals surface area contributed by atoms with Gasteiger partial charge in [0, 0.05) is 32.3 Å². The predicted octanol–water partition coefficient (Wildman–Crippen LogP) is 2.79. The van der Waals surface area contributed by atoms with E-state index in [-0.39, 0.29) is 0 Å². The lowest BCUT2D eigenvalue weighted by atomic mass is 10.0. The van der Waals surface area contributed by atoms with Crippen molar-refractivity contribution in [3.05, 3.63) is 0 Å². The molecule has 0 saturated heterocycles. The lowest BCUT2D eigenvalue weighted by Crippen LogP contribution is -2.43. The Morgan fingerprint density at radius 3 is 2.50 bits per heavy atom. The minimum atomic E-state index is 0.578. The Balaban J connectivity index is 2.22. The maximum atomic E-state index is 5.97. The molecule has 1 saturated carbocycles. The van der Waals surface area contributed by atoms with Crippen molar-refractivity contribution in [1.82, 2.24) is 4.90 Å². The van der Waals surface area contributed by atoms with E-state index >= 15 is 0 Å². The van der Waals surface area contributed by atoms with Crippen molar-refractivity contribution >= 4 is 0 Å². The Bertz CT molecular complexity index is 195. The van der Waals surface area contributed by atoms with E-state index in [9.17, 15) is 0 Å². The van der Waals surface area contributed by atoms with Crippen LogP contribution in [0.15, 0.2) is 0 Å². The van der Waals surface area contributed by atoms with E-state index in [2.05, 4.69) is 11.8 Å². The number of hydrogen-bond donors (Lipinski definition) is 1. The third-order valence-electron chi connectivity index (χ3n) is 3.95. The maximum absolute atomic E-state index is 5.97. The lowest BCUT2D eigenvalue weighted by Gasteiger charge is -2.31. The molecule has 0 spiro atoms. The van der Waals surface area contributed by atoms with Crippen LogP contribution in [0.3, 0.4) is 0 Å². The van der Waals surface area contributed by atoms with Gasteiger partial charge in [-0.05, 0) is 19.3 Å². The van der Waals surface area contributed by atoms with Crippen LogP contribution >= 0.6 is 0 Å². The molecule has 3 nitrogen and oxygen atoms in total. The molecule has 0 amide bonds. The molecule has 0 aromatic rings. The molecule has 0 radical (unpaired) electrons. The smallest absolute Gasteiger partial charge is 0.0589 e. The highest BCUT2D eigenvalue weighted by Crippen LogP contribution is 2.29. The summed E-state index contributed by atoms with van der Waals surface area (Å²) in [7, 11) is 1.78. The topological polar surface area (TPSA) is 38.5 Å². The predicted molar refractivity (Wildman–Crippen MR) is 77.8 cm³/mol. The zero-order valence-corrected chi connectivity index (χ0v) is 12.4. The SMILES string of the molecule is CCCCCCCC(CN)N(CCOC)C1CC1. The van der Waals surface area contributed by atoms with Crippen LogP contribution in [0, 0.1) is 0 Å². The maximum Gasteiger partial charge on any atom is 0.0589 e. The van der Waals surface area contributed by atoms with E-state index < -0.39 is 0 Å². The molecule has 0 aromatic heterocycles. The Morgan fingerprint density at radius 2 is 1.94 bits per heavy atom. The number of nitrogens with zero attached hydrogens (tertiary/aromatic N) is 1. The van der Waals surface area contributed by atoms with Gasteiger partial charge in [0.1, 0.15) is 0 Å². The van der Waals surface area contributed by atoms with Gasteiger partial charge in [0.2, 0.25) is 0 Å². The van der Waals surface area contributed by atoms with Gasteiger partial charge in [0.25, 0.3) is 0 Å². The highest BCUT2D eigenvalue weighted by atomic mass is 16.5. The molecule has 1 unspecified atom stereocenters. The molecule has 0 aromatic carbocycles. The summed E-state index contributed by atoms with van der Waals surface area (Å²) in [5.74, 6) is 0. The highest BCUT2D eigenvalue weighted by molar-refractivity contribution is 4.89. The third-order valence-corrected chi connectivity index (χ3v) is 3.95. The highest BCUT2D eigenvalue weighted by Gasteiger charge is 2.32. The average Bonchev–Trinajstić information content (AvgIpc) is 3.21. The number of rotatable bonds is 12. The summed E-state index contributed by atoms with van der Waals surface area (Å²) in [5.41, 5.74) is 5.97. The van der Waals surface area contributed by atoms with Crippen LogP contribution in [0.25, 0.3) is 0 Å². The number of unbranched alkanes of at least 4 members (excludes halogenated alkanes) is 4. The molecule has 0 bridgehead atoms. The van der Waals surface area contributed by atoms with E-state index in [0.717, 1.165) is 25.7 Å². The number of methoxy groups -OCH3 is 1. The van der Waals surface area contributed by atoms with Gasteiger partial charge in [-0.1, -0.05) is 39.0 Å². The quantitative estimate of drug-likeness (QED) is 0.546. The Labute approximate surface area is 113 Å². The molecular weight excluding hydrogens is 224 g/mol. The van der Waals surface area contributed by atoms with Gasteiger partial charge in [0.15, 0.2) is 0 Å². The monoisotopic (exact) mass is 256 g/mol. The second-order valence-corrected chi connectivity index (χ2v) is 5.55. The number of nitrogens with two attached hydrogens (primary N) is 1. The zero-order valence-electron chi connectivity index (χ0n) is 12.4. The Kier molecular flexibility index (Phi) is 8.64. The zero-order chi connectivity index (χ0) is 13.2. The van der Waals surface area contributed by atoms with Gasteiger partial charge in [-0.25, -0.2) is 0 Å². The van der Waals surface area contributed by atoms with Crippen molar-refractivity contribution < 1.29 is 4.74 Å². The fourth-order valence-electron chi connectivity index (χ4n) is 2.67. The Hall–Kier alpha value is -0.120. The summed E-state index contributed by atoms with van der Waals surface area (Å²) >= 11 is 0. The summed E-state index contributed by atoms with van der Waals surface area (Å²) in [6.07, 6.45) is 10.8. The summed E-state index contributed by atoms with van der Waals surface area (Å²) in [5, 5.41) is 0. The standard InChI is InChI=1S/C15H32N2O/c1-3-4-5-6-7-8-15(13-16)17(11-12-18-2)14-9-10-14/h14-15H,3-13,16H2,1-2H3. The van der Waals surface area contributed by atoms with Gasteiger partial charge in [0.05, 0.1) is 6.61 Å². The first kappa shape index (κ1) is 15.9. The summed E-state index contributed by atoms with van der Waals surface area (Å²) < 4.78 is 5.22. The largest absolute Gasteiger partial charge is 0.383 e. The molecule has 1 fully saturated rings. The van der Waals surface area contributed by atoms with Crippen LogP contribution in [0.1, 0.15) is 58.3 Å². The second-order valence-electron chi connectivity index (χ2n) is 5.55. The van der Waals surface area contributed by atoms with Crippen molar-refractivity contribution in [3.8, 4) is 0 Å². The van der Waals surface area contributed by atoms with Crippen LogP contribution in [0.5, 0.6) is 0 Å². The van der Waals surface area contributed by atoms with E-state index in [0.29, 0.717) is 6.04 Å². The first-order valence-corrected chi connectivity index (χ1v) is 7.78. The van der Waals surface area contributed by atoms with Gasteiger partial charge < -0.3 is 10.5 Å². The van der Waals surface area contributed by atoms with Gasteiger partial charge >= 0.3 is 0 Å². The molecule has 18 heavy (non-hydrogen) atoms. The van der Waals surface area contributed by atoms with E-state index in [1.807, 2.05) is 0 Å². The van der Waals surface area contributed by atoms with Gasteiger partial charge in [-0.3, -0.25) is 4.90 Å². The summed E-state index contributed by atoms with van der Waals surface area (Å²) in [6, 6.07) is 1.37. The minimum Gasteiger partial charge on any atom is -0.383 e. The molecule has 1 aliphatic carbocycles. The lowest BCUT2D eigenvalue weighted by molar-refractivity contribution is 0.111. The van der Waals surface area contributed by atoms with Crippen molar-refractivity contribution in [3.63, 3.8) is 0 Å². The molecule has 1 aliphatic rings. The van der Waals surface area contributed by atoms with E-state index in [1.165, 1.54) is 51.4 Å². The Morgan fingerprint density at radius 1 is 1.22 bits per heavy atom. The molecular formula is C15H32N2O. The van der Waals surface area contributed by atoms with Crippen molar-refractivity contribution in [2.75, 3.05) is 26.8 Å². The summed E-state index contributed by atoms with van der Waals surface area (Å²) in [6.45, 7) is 4.96. The molecule has 2 N–H and O–H groups in total. The molecule has 1 rings (SSSR count). The molecule has 3 heteroatoms. The van der Waals surface area contributed by atoms with Gasteiger partial charge in [-0.2, -0.15) is 0 Å². The van der Waals surface area contributed by atoms with Gasteiger partial charge in [-0.15, -0.1) is 0 Å². The first-order valence-electron chi connectivity index (χ1n) is 7.78. The number of ether oxygens (including phenoxy) is 1. The molecule has 0 aliphatic heterocycles. The van der Waals surface area contributed by atoms with Crippen molar-refractivity contribution in [1.29, 1.82) is 0 Å². The van der Waals surface area contributed by atoms with Crippen LogP contribution in [0.2, 0.25) is 0 Å². The van der Waals surface area contributed by atoms with Crippen LogP contribution in [-0.4, -0.2) is 43.8 Å². The van der Waals surface area contributed by atoms with Crippen LogP contribution in [0.4, 0.5) is 0 Å². The van der Waals surface area contributed by atoms with Crippen molar-refractivity contribution in [2.24, 2.45) is 5.73 Å². The average molecular weight is 256 g/mol. The first-order chi connectivity index (χ1) is 8.83. The van der Waals surface area contributed by atoms with E-state index in [1.54, 1.807) is 7.11 Å². The minimum absolute atomic E-state index is 0.578. The second kappa shape index (κ2) is 9.76. The van der Waals surface area contributed by atoms with E-state index in [4.69, 9.17) is 10.5 Å².